The quantitative estimate of drug-likeness (QED) is 0.418. The molecule has 0 aromatic heterocycles. The van der Waals surface area contributed by atoms with Gasteiger partial charge in [-0.1, -0.05) is 0 Å². The molecule has 0 spiro atoms. The van der Waals surface area contributed by atoms with Gasteiger partial charge >= 0.3 is 0 Å². The second kappa shape index (κ2) is 5.14. The van der Waals surface area contributed by atoms with E-state index >= 15 is 0 Å². The number of hydrogen-bond acceptors (Lipinski definition) is 2. The lowest BCUT2D eigenvalue weighted by Gasteiger charge is -1.90. The lowest BCUT2D eigenvalue weighted by Crippen LogP contribution is -2.03. The first kappa shape index (κ1) is 9.46. The van der Waals surface area contributed by atoms with Gasteiger partial charge < -0.3 is 10.2 Å². The van der Waals surface area contributed by atoms with Crippen LogP contribution in [0.25, 0.3) is 0 Å². The van der Waals surface area contributed by atoms with Crippen molar-refractivity contribution in [1.29, 1.82) is 0 Å². The first-order valence-electron chi connectivity index (χ1n) is 1.56. The smallest absolute Gasteiger partial charge is 0.0742 e. The van der Waals surface area contributed by atoms with Crippen LogP contribution < -0.4 is 0 Å². The fourth-order valence-electron chi connectivity index (χ4n) is 0. The van der Waals surface area contributed by atoms with Crippen LogP contribution in [0.1, 0.15) is 6.92 Å². The first-order valence-corrected chi connectivity index (χ1v) is 1.56. The summed E-state index contributed by atoms with van der Waals surface area (Å²) in [7, 11) is 0. The average molecular weight is 104 g/mol. The van der Waals surface area contributed by atoms with Crippen molar-refractivity contribution in [3.8, 4) is 0 Å². The molecule has 0 saturated heterocycles. The van der Waals surface area contributed by atoms with E-state index in [1.54, 1.807) is 0 Å². The van der Waals surface area contributed by atoms with Crippen LogP contribution in [0.2, 0.25) is 0 Å². The summed E-state index contributed by atoms with van der Waals surface area (Å²) in [6, 6.07) is 0. The van der Waals surface area contributed by atoms with E-state index in [2.05, 4.69) is 0 Å². The molecular formula is C3H8O2Si. The van der Waals surface area contributed by atoms with E-state index in [0.29, 0.717) is 0 Å². The summed E-state index contributed by atoms with van der Waals surface area (Å²) in [5.41, 5.74) is 0. The Morgan fingerprint density at radius 2 is 1.83 bits per heavy atom. The van der Waals surface area contributed by atoms with Crippen molar-refractivity contribution >= 4 is 11.0 Å². The summed E-state index contributed by atoms with van der Waals surface area (Å²) in [5.74, 6) is 0. The lowest BCUT2D eigenvalue weighted by atomic mass is 10.5. The predicted molar refractivity (Wildman–Crippen MR) is 24.5 cm³/mol. The highest BCUT2D eigenvalue weighted by Gasteiger charge is 1.83. The van der Waals surface area contributed by atoms with Crippen molar-refractivity contribution in [3.05, 3.63) is 0 Å². The topological polar surface area (TPSA) is 40.5 Å². The Bertz CT molecular complexity index is 22.8. The van der Waals surface area contributed by atoms with Crippen LogP contribution in [0, 0.1) is 0 Å². The zero-order valence-electron chi connectivity index (χ0n) is 3.68. The molecule has 0 fully saturated rings. The Kier molecular flexibility index (Phi) is 8.10. The standard InChI is InChI=1S/C3H8O2.Si/c1-3(5)2-4;/h3-5H,2H2,1H3;. The molecule has 1 atom stereocenters. The van der Waals surface area contributed by atoms with Crippen molar-refractivity contribution in [3.63, 3.8) is 0 Å². The monoisotopic (exact) mass is 104 g/mol. The summed E-state index contributed by atoms with van der Waals surface area (Å²) in [6.07, 6.45) is -0.560. The number of rotatable bonds is 1. The molecule has 0 rings (SSSR count). The molecule has 2 N–H and O–H groups in total. The van der Waals surface area contributed by atoms with Gasteiger partial charge in [-0.05, 0) is 6.92 Å². The minimum atomic E-state index is -0.560. The maximum Gasteiger partial charge on any atom is 0.0742 e. The van der Waals surface area contributed by atoms with Crippen molar-refractivity contribution in [1.82, 2.24) is 0 Å². The summed E-state index contributed by atoms with van der Waals surface area (Å²) in [6.45, 7) is 1.39. The Hall–Kier alpha value is 0.137. The van der Waals surface area contributed by atoms with Crippen LogP contribution in [-0.2, 0) is 0 Å². The molecule has 2 nitrogen and oxygen atoms in total. The van der Waals surface area contributed by atoms with Gasteiger partial charge in [0.2, 0.25) is 0 Å². The summed E-state index contributed by atoms with van der Waals surface area (Å²) < 4.78 is 0. The minimum Gasteiger partial charge on any atom is -0.394 e. The van der Waals surface area contributed by atoms with E-state index < -0.39 is 6.10 Å². The predicted octanol–water partition coefficient (Wildman–Crippen LogP) is -1.02. The Morgan fingerprint density at radius 3 is 1.83 bits per heavy atom. The molecule has 0 bridgehead atoms. The van der Waals surface area contributed by atoms with Crippen LogP contribution in [-0.4, -0.2) is 33.9 Å². The fourth-order valence-corrected chi connectivity index (χ4v) is 0. The van der Waals surface area contributed by atoms with E-state index in [1.807, 2.05) is 0 Å². The molecule has 3 heteroatoms. The van der Waals surface area contributed by atoms with Crippen molar-refractivity contribution in [2.24, 2.45) is 0 Å². The lowest BCUT2D eigenvalue weighted by molar-refractivity contribution is 0.110. The normalized spacial score (nSPS) is 12.5. The molecule has 0 saturated carbocycles. The largest absolute Gasteiger partial charge is 0.394 e. The highest BCUT2D eigenvalue weighted by atomic mass is 28.1. The highest BCUT2D eigenvalue weighted by molar-refractivity contribution is 5.75. The molecule has 36 valence electrons. The molecular weight excluding hydrogens is 96.1 g/mol. The van der Waals surface area contributed by atoms with Gasteiger partial charge in [0.1, 0.15) is 0 Å². The van der Waals surface area contributed by atoms with Crippen molar-refractivity contribution in [2.75, 3.05) is 6.61 Å². The fraction of sp³-hybridized carbons (Fsp3) is 1.00. The van der Waals surface area contributed by atoms with E-state index in [1.165, 1.54) is 6.92 Å². The summed E-state index contributed by atoms with van der Waals surface area (Å²) >= 11 is 0. The molecule has 0 heterocycles. The second-order valence-electron chi connectivity index (χ2n) is 1.03. The maximum atomic E-state index is 8.11. The van der Waals surface area contributed by atoms with E-state index in [-0.39, 0.29) is 17.6 Å². The SMILES string of the molecule is CC(O)CO.[Si]. The average Bonchev–Trinajstić information content (AvgIpc) is 1.38. The van der Waals surface area contributed by atoms with Gasteiger partial charge in [-0.15, -0.1) is 0 Å². The van der Waals surface area contributed by atoms with E-state index in [0.717, 1.165) is 0 Å². The minimum absolute atomic E-state index is 0. The number of hydrogen-bond donors (Lipinski definition) is 2. The summed E-state index contributed by atoms with van der Waals surface area (Å²) in [4.78, 5) is 0. The zero-order valence-corrected chi connectivity index (χ0v) is 4.68. The van der Waals surface area contributed by atoms with E-state index in [4.69, 9.17) is 10.2 Å². The van der Waals surface area contributed by atoms with Gasteiger partial charge in [-0.25, -0.2) is 0 Å². The van der Waals surface area contributed by atoms with Crippen LogP contribution in [0.5, 0.6) is 0 Å². The molecule has 1 unspecified atom stereocenters. The second-order valence-corrected chi connectivity index (χ2v) is 1.03. The zero-order chi connectivity index (χ0) is 4.28. The molecule has 0 aliphatic rings. The van der Waals surface area contributed by atoms with Gasteiger partial charge in [-0.3, -0.25) is 0 Å². The van der Waals surface area contributed by atoms with Crippen LogP contribution in [0.3, 0.4) is 0 Å². The molecule has 6 heavy (non-hydrogen) atoms. The number of aliphatic hydroxyl groups is 2. The molecule has 0 aliphatic heterocycles. The van der Waals surface area contributed by atoms with Gasteiger partial charge in [0.25, 0.3) is 0 Å². The highest BCUT2D eigenvalue weighted by Crippen LogP contribution is 1.68. The third kappa shape index (κ3) is 8.91. The van der Waals surface area contributed by atoms with Gasteiger partial charge in [-0.2, -0.15) is 0 Å². The van der Waals surface area contributed by atoms with Gasteiger partial charge in [0.05, 0.1) is 12.7 Å². The Labute approximate surface area is 41.8 Å². The van der Waals surface area contributed by atoms with Crippen molar-refractivity contribution in [2.45, 2.75) is 13.0 Å². The Morgan fingerprint density at radius 1 is 1.67 bits per heavy atom. The molecule has 4 radical (unpaired) electrons. The third-order valence-electron chi connectivity index (χ3n) is 0.264. The van der Waals surface area contributed by atoms with Crippen LogP contribution >= 0.6 is 0 Å². The Balaban J connectivity index is 0. The molecule has 0 aromatic rings. The maximum absolute atomic E-state index is 8.11. The van der Waals surface area contributed by atoms with Crippen molar-refractivity contribution < 1.29 is 10.2 Å². The molecule has 0 aliphatic carbocycles. The molecule has 0 amide bonds. The first-order chi connectivity index (χ1) is 2.27. The molecule has 0 aromatic carbocycles. The van der Waals surface area contributed by atoms with Crippen LogP contribution in [0.15, 0.2) is 0 Å². The van der Waals surface area contributed by atoms with E-state index in [9.17, 15) is 0 Å². The van der Waals surface area contributed by atoms with Gasteiger partial charge in [0, 0.05) is 11.0 Å². The number of aliphatic hydroxyl groups excluding tert-OH is 2. The third-order valence-corrected chi connectivity index (χ3v) is 0.264. The van der Waals surface area contributed by atoms with Crippen LogP contribution in [0.4, 0.5) is 0 Å². The van der Waals surface area contributed by atoms with Gasteiger partial charge in [0.15, 0.2) is 0 Å². The summed E-state index contributed by atoms with van der Waals surface area (Å²) in [5, 5.41) is 16.0.